The first-order chi connectivity index (χ1) is 14.9. The number of carbonyl (C=O) groups is 2. The first-order valence-corrected chi connectivity index (χ1v) is 12.3. The van der Waals surface area contributed by atoms with Crippen molar-refractivity contribution in [1.29, 1.82) is 0 Å². The van der Waals surface area contributed by atoms with Crippen LogP contribution in [-0.2, 0) is 14.8 Å². The zero-order valence-electron chi connectivity index (χ0n) is 17.3. The number of ketones is 1. The van der Waals surface area contributed by atoms with Gasteiger partial charge in [-0.1, -0.05) is 54.8 Å². The van der Waals surface area contributed by atoms with Crippen LogP contribution in [0.4, 0.5) is 0 Å². The third-order valence-electron chi connectivity index (χ3n) is 5.23. The molecule has 1 aliphatic heterocycles. The molecule has 1 heterocycles. The molecule has 0 atom stereocenters. The molecule has 6 nitrogen and oxygen atoms in total. The zero-order valence-corrected chi connectivity index (χ0v) is 18.8. The highest BCUT2D eigenvalue weighted by molar-refractivity contribution is 7.89. The maximum atomic E-state index is 13.1. The summed E-state index contributed by atoms with van der Waals surface area (Å²) in [4.78, 5) is 24.4. The molecule has 0 N–H and O–H groups in total. The van der Waals surface area contributed by atoms with Crippen molar-refractivity contribution in [3.63, 3.8) is 0 Å². The molecule has 2 aromatic rings. The molecule has 0 saturated carbocycles. The third kappa shape index (κ3) is 6.15. The largest absolute Gasteiger partial charge is 0.462 e. The number of nitrogens with zero attached hydrogens (tertiary/aromatic N) is 1. The first-order valence-electron chi connectivity index (χ1n) is 10.4. The molecule has 166 valence electrons. The molecule has 1 fully saturated rings. The predicted molar refractivity (Wildman–Crippen MR) is 119 cm³/mol. The normalized spacial score (nSPS) is 15.3. The van der Waals surface area contributed by atoms with Crippen molar-refractivity contribution < 1.29 is 22.7 Å². The Morgan fingerprint density at radius 1 is 0.935 bits per heavy atom. The number of esters is 1. The molecule has 0 bridgehead atoms. The molecular weight excluding hydrogens is 438 g/mol. The van der Waals surface area contributed by atoms with Crippen LogP contribution in [0, 0.1) is 0 Å². The van der Waals surface area contributed by atoms with E-state index in [2.05, 4.69) is 0 Å². The van der Waals surface area contributed by atoms with E-state index in [0.717, 1.165) is 25.7 Å². The van der Waals surface area contributed by atoms with Gasteiger partial charge in [0.2, 0.25) is 10.0 Å². The van der Waals surface area contributed by atoms with Crippen LogP contribution >= 0.6 is 11.6 Å². The molecule has 1 saturated heterocycles. The van der Waals surface area contributed by atoms with Gasteiger partial charge in [-0.3, -0.25) is 4.79 Å². The number of Topliss-reactive ketones (excluding diaryl/α,β-unsaturated/α-hetero) is 1. The summed E-state index contributed by atoms with van der Waals surface area (Å²) in [6, 6.07) is 13.0. The highest BCUT2D eigenvalue weighted by Gasteiger charge is 2.28. The highest BCUT2D eigenvalue weighted by Crippen LogP contribution is 2.28. The Bertz CT molecular complexity index is 1020. The van der Waals surface area contributed by atoms with Gasteiger partial charge in [0, 0.05) is 25.1 Å². The number of rotatable bonds is 8. The molecule has 1 aliphatic rings. The molecule has 0 spiro atoms. The predicted octanol–water partition coefficient (Wildman–Crippen LogP) is 4.72. The number of sulfonamides is 1. The quantitative estimate of drug-likeness (QED) is 0.321. The molecule has 0 aliphatic carbocycles. The number of carbonyl (C=O) groups excluding carboxylic acids is 2. The Hall–Kier alpha value is -2.22. The minimum atomic E-state index is -3.79. The average molecular weight is 464 g/mol. The number of hydrogen-bond donors (Lipinski definition) is 0. The lowest BCUT2D eigenvalue weighted by atomic mass is 10.1. The molecule has 0 radical (unpaired) electrons. The summed E-state index contributed by atoms with van der Waals surface area (Å²) in [5, 5.41) is 0.0780. The minimum Gasteiger partial charge on any atom is -0.462 e. The number of hydrogen-bond acceptors (Lipinski definition) is 5. The lowest BCUT2D eigenvalue weighted by Gasteiger charge is -2.21. The number of ether oxygens (including phenoxy) is 1. The SMILES string of the molecule is O=C(CCCOC(=O)c1ccc(Cl)c(S(=O)(=O)N2CCCCCC2)c1)c1ccccc1. The van der Waals surface area contributed by atoms with Crippen molar-refractivity contribution in [2.45, 2.75) is 43.4 Å². The van der Waals surface area contributed by atoms with Crippen molar-refractivity contribution in [3.05, 3.63) is 64.7 Å². The standard InChI is InChI=1S/C23H26ClNO5S/c24-20-13-12-19(17-22(20)31(28,29)25-14-6-1-2-7-15-25)23(27)30-16-8-11-21(26)18-9-4-3-5-10-18/h3-5,9-10,12-13,17H,1-2,6-8,11,14-16H2. The van der Waals surface area contributed by atoms with Crippen molar-refractivity contribution in [2.75, 3.05) is 19.7 Å². The zero-order chi connectivity index (χ0) is 22.3. The molecule has 3 rings (SSSR count). The Labute approximate surface area is 188 Å². The Morgan fingerprint density at radius 2 is 1.61 bits per heavy atom. The van der Waals surface area contributed by atoms with E-state index in [4.69, 9.17) is 16.3 Å². The summed E-state index contributed by atoms with van der Waals surface area (Å²) in [6.07, 6.45) is 4.25. The topological polar surface area (TPSA) is 80.8 Å². The smallest absolute Gasteiger partial charge is 0.338 e. The second-order valence-corrected chi connectivity index (χ2v) is 9.81. The van der Waals surface area contributed by atoms with E-state index in [1.165, 1.54) is 22.5 Å². The summed E-state index contributed by atoms with van der Waals surface area (Å²) >= 11 is 6.17. The van der Waals surface area contributed by atoms with Crippen LogP contribution in [0.1, 0.15) is 59.2 Å². The lowest BCUT2D eigenvalue weighted by Crippen LogP contribution is -2.32. The lowest BCUT2D eigenvalue weighted by molar-refractivity contribution is 0.0494. The summed E-state index contributed by atoms with van der Waals surface area (Å²) in [7, 11) is -3.79. The van der Waals surface area contributed by atoms with Gasteiger partial charge in [0.15, 0.2) is 5.78 Å². The fourth-order valence-corrected chi connectivity index (χ4v) is 5.52. The Morgan fingerprint density at radius 3 is 2.29 bits per heavy atom. The summed E-state index contributed by atoms with van der Waals surface area (Å²) in [6.45, 7) is 0.958. The van der Waals surface area contributed by atoms with Crippen molar-refractivity contribution >= 4 is 33.4 Å². The van der Waals surface area contributed by atoms with Gasteiger partial charge in [-0.2, -0.15) is 4.31 Å². The van der Waals surface area contributed by atoms with Crippen LogP contribution in [0.15, 0.2) is 53.4 Å². The highest BCUT2D eigenvalue weighted by atomic mass is 35.5. The van der Waals surface area contributed by atoms with E-state index >= 15 is 0 Å². The van der Waals surface area contributed by atoms with Gasteiger partial charge >= 0.3 is 5.97 Å². The van der Waals surface area contributed by atoms with Crippen LogP contribution in [0.25, 0.3) is 0 Å². The van der Waals surface area contributed by atoms with Crippen molar-refractivity contribution in [2.24, 2.45) is 0 Å². The van der Waals surface area contributed by atoms with Gasteiger partial charge in [-0.25, -0.2) is 13.2 Å². The maximum Gasteiger partial charge on any atom is 0.338 e. The van der Waals surface area contributed by atoms with E-state index in [9.17, 15) is 18.0 Å². The van der Waals surface area contributed by atoms with Gasteiger partial charge < -0.3 is 4.74 Å². The van der Waals surface area contributed by atoms with Crippen LogP contribution in [-0.4, -0.2) is 44.2 Å². The molecule has 8 heteroatoms. The van der Waals surface area contributed by atoms with Gasteiger partial charge in [-0.15, -0.1) is 0 Å². The second kappa shape index (κ2) is 10.9. The molecule has 0 aromatic heterocycles. The fourth-order valence-electron chi connectivity index (χ4n) is 3.50. The minimum absolute atomic E-state index is 0.0195. The van der Waals surface area contributed by atoms with E-state index < -0.39 is 16.0 Å². The Kier molecular flexibility index (Phi) is 8.23. The third-order valence-corrected chi connectivity index (χ3v) is 7.61. The molecule has 0 amide bonds. The van der Waals surface area contributed by atoms with Gasteiger partial charge in [0.05, 0.1) is 17.2 Å². The van der Waals surface area contributed by atoms with Crippen LogP contribution < -0.4 is 0 Å². The molecular formula is C23H26ClNO5S. The van der Waals surface area contributed by atoms with Crippen LogP contribution in [0.2, 0.25) is 5.02 Å². The molecule has 0 unspecified atom stereocenters. The van der Waals surface area contributed by atoms with Crippen molar-refractivity contribution in [3.8, 4) is 0 Å². The van der Waals surface area contributed by atoms with Gasteiger partial charge in [0.25, 0.3) is 0 Å². The van der Waals surface area contributed by atoms with Crippen molar-refractivity contribution in [1.82, 2.24) is 4.31 Å². The second-order valence-electron chi connectivity index (χ2n) is 7.49. The van der Waals surface area contributed by atoms with E-state index in [1.807, 2.05) is 6.07 Å². The molecule has 2 aromatic carbocycles. The summed E-state index contributed by atoms with van der Waals surface area (Å²) < 4.78 is 32.8. The van der Waals surface area contributed by atoms with E-state index in [1.54, 1.807) is 24.3 Å². The van der Waals surface area contributed by atoms with Gasteiger partial charge in [-0.05, 0) is 37.5 Å². The number of halogens is 1. The van der Waals surface area contributed by atoms with Crippen LogP contribution in [0.5, 0.6) is 0 Å². The average Bonchev–Trinajstić information content (AvgIpc) is 3.07. The van der Waals surface area contributed by atoms with E-state index in [-0.39, 0.29) is 34.3 Å². The summed E-state index contributed by atoms with van der Waals surface area (Å²) in [5.74, 6) is -0.662. The Balaban J connectivity index is 1.61. The summed E-state index contributed by atoms with van der Waals surface area (Å²) in [5.41, 5.74) is 0.738. The van der Waals surface area contributed by atoms with E-state index in [0.29, 0.717) is 25.1 Å². The molecule has 31 heavy (non-hydrogen) atoms. The van der Waals surface area contributed by atoms with Crippen LogP contribution in [0.3, 0.4) is 0 Å². The first kappa shape index (κ1) is 23.4. The number of benzene rings is 2. The maximum absolute atomic E-state index is 13.1. The monoisotopic (exact) mass is 463 g/mol. The fraction of sp³-hybridized carbons (Fsp3) is 0.391. The van der Waals surface area contributed by atoms with Gasteiger partial charge in [0.1, 0.15) is 4.90 Å².